The molecule has 0 unspecified atom stereocenters. The first-order chi connectivity index (χ1) is 18.6. The number of hydrogen-bond acceptors (Lipinski definition) is 8. The molecule has 3 N–H and O–H groups in total. The maximum atomic E-state index is 13.3. The average Bonchev–Trinajstić information content (AvgIpc) is 3.33. The molecule has 0 bridgehead atoms. The SMILES string of the molecule is [B]c1cc(S(=O)(=O)C(C([B])([B])[B])C([B])([B])[B])ccc1-c1cnc(N)c(-c2cc(-c3ccc(CNC)cc3)no2)n1. The lowest BCUT2D eigenvalue weighted by Gasteiger charge is -2.42. The van der Waals surface area contributed by atoms with Crippen molar-refractivity contribution in [2.75, 3.05) is 12.8 Å². The maximum Gasteiger partial charge on any atom is 0.189 e. The summed E-state index contributed by atoms with van der Waals surface area (Å²) in [4.78, 5) is 8.44. The second-order valence-corrected chi connectivity index (χ2v) is 11.5. The molecule has 2 aromatic carbocycles. The van der Waals surface area contributed by atoms with Crippen LogP contribution in [0.4, 0.5) is 5.82 Å². The van der Waals surface area contributed by atoms with Gasteiger partial charge >= 0.3 is 0 Å². The zero-order valence-electron chi connectivity index (χ0n) is 21.6. The number of sulfone groups is 1. The fraction of sp³-hybridized carbons (Fsp3) is 0.208. The number of rotatable bonds is 9. The highest BCUT2D eigenvalue weighted by atomic mass is 32.2. The summed E-state index contributed by atoms with van der Waals surface area (Å²) in [6.45, 7) is 0.738. The first kappa shape index (κ1) is 29.9. The Hall–Kier alpha value is -3.11. The first-order valence-electron chi connectivity index (χ1n) is 11.8. The number of anilines is 1. The molecule has 40 heavy (non-hydrogen) atoms. The Balaban J connectivity index is 1.68. The highest BCUT2D eigenvalue weighted by Gasteiger charge is 2.42. The van der Waals surface area contributed by atoms with Gasteiger partial charge in [0.15, 0.2) is 27.1 Å². The van der Waals surface area contributed by atoms with Gasteiger partial charge in [-0.3, -0.25) is 0 Å². The molecular formula is C24H18B7N5O3S. The Morgan fingerprint density at radius 1 is 0.975 bits per heavy atom. The van der Waals surface area contributed by atoms with Crippen molar-refractivity contribution < 1.29 is 12.9 Å². The van der Waals surface area contributed by atoms with Crippen molar-refractivity contribution >= 4 is 76.0 Å². The van der Waals surface area contributed by atoms with Crippen LogP contribution in [0.3, 0.4) is 0 Å². The van der Waals surface area contributed by atoms with Crippen molar-refractivity contribution in [1.82, 2.24) is 20.4 Å². The molecule has 0 atom stereocenters. The lowest BCUT2D eigenvalue weighted by molar-refractivity contribution is 0.434. The van der Waals surface area contributed by atoms with Gasteiger partial charge in [-0.25, -0.2) is 18.4 Å². The average molecular weight is 532 g/mol. The minimum Gasteiger partial charge on any atom is -0.382 e. The fourth-order valence-corrected chi connectivity index (χ4v) is 6.18. The zero-order chi connectivity index (χ0) is 29.5. The van der Waals surface area contributed by atoms with Crippen LogP contribution in [0, 0.1) is 0 Å². The van der Waals surface area contributed by atoms with E-state index in [1.165, 1.54) is 18.3 Å². The lowest BCUT2D eigenvalue weighted by Crippen LogP contribution is -2.47. The molecule has 0 saturated carbocycles. The van der Waals surface area contributed by atoms with Gasteiger partial charge in [0.1, 0.15) is 13.5 Å². The first-order valence-corrected chi connectivity index (χ1v) is 13.4. The highest BCUT2D eigenvalue weighted by molar-refractivity contribution is 7.92. The molecule has 2 heterocycles. The van der Waals surface area contributed by atoms with Crippen LogP contribution in [0.1, 0.15) is 5.56 Å². The fourth-order valence-electron chi connectivity index (χ4n) is 4.29. The number of nitrogen functional groups attached to an aromatic ring is 1. The molecule has 8 nitrogen and oxygen atoms in total. The Morgan fingerprint density at radius 3 is 2.20 bits per heavy atom. The predicted molar refractivity (Wildman–Crippen MR) is 162 cm³/mol. The predicted octanol–water partition coefficient (Wildman–Crippen LogP) is -0.138. The number of aromatic nitrogens is 3. The van der Waals surface area contributed by atoms with Crippen LogP contribution in [-0.2, 0) is 16.4 Å². The topological polar surface area (TPSA) is 124 Å². The summed E-state index contributed by atoms with van der Waals surface area (Å²) in [5.41, 5.74) is 9.50. The van der Waals surface area contributed by atoms with Gasteiger partial charge in [-0.2, -0.15) is 0 Å². The van der Waals surface area contributed by atoms with Crippen molar-refractivity contribution in [3.8, 4) is 34.0 Å². The second-order valence-electron chi connectivity index (χ2n) is 9.47. The lowest BCUT2D eigenvalue weighted by atomic mass is 9.29. The van der Waals surface area contributed by atoms with E-state index in [1.54, 1.807) is 6.07 Å². The van der Waals surface area contributed by atoms with Gasteiger partial charge in [0, 0.05) is 23.4 Å². The van der Waals surface area contributed by atoms with E-state index in [1.807, 2.05) is 31.3 Å². The van der Waals surface area contributed by atoms with Crippen molar-refractivity contribution in [1.29, 1.82) is 0 Å². The van der Waals surface area contributed by atoms with Gasteiger partial charge in [0.2, 0.25) is 0 Å². The van der Waals surface area contributed by atoms with Gasteiger partial charge in [-0.05, 0) is 30.3 Å². The van der Waals surface area contributed by atoms with Crippen LogP contribution in [-0.4, -0.2) is 90.8 Å². The third-order valence-electron chi connectivity index (χ3n) is 6.02. The van der Waals surface area contributed by atoms with E-state index in [0.717, 1.165) is 23.7 Å². The van der Waals surface area contributed by atoms with E-state index in [-0.39, 0.29) is 33.3 Å². The van der Waals surface area contributed by atoms with Crippen molar-refractivity contribution in [2.45, 2.75) is 26.9 Å². The van der Waals surface area contributed by atoms with E-state index in [9.17, 15) is 8.42 Å². The summed E-state index contributed by atoms with van der Waals surface area (Å²) in [5.74, 6) is 0.365. The normalized spacial score (nSPS) is 12.6. The Morgan fingerprint density at radius 2 is 1.62 bits per heavy atom. The summed E-state index contributed by atoms with van der Waals surface area (Å²) < 4.78 is 32.1. The molecule has 0 aliphatic heterocycles. The standard InChI is InChI=1S/C24H18B7N5O3S/c1-33-10-12-2-4-13(5-3-12)17-9-19(39-36-17)20-21(32)34-11-18(35-20)15-7-6-14(8-16(15)25)40(37,38)22(23(26,27)28)24(29,30)31/h2-9,11,22,33H,10H2,1H3,(H2,32,34). The molecule has 14 radical (unpaired) electrons. The van der Waals surface area contributed by atoms with Crippen LogP contribution in [0.5, 0.6) is 0 Å². The Bertz CT molecular complexity index is 1620. The summed E-state index contributed by atoms with van der Waals surface area (Å²) in [6.07, 6.45) is 1.38. The van der Waals surface area contributed by atoms with E-state index < -0.39 is 25.3 Å². The summed E-state index contributed by atoms with van der Waals surface area (Å²) >= 11 is 0. The van der Waals surface area contributed by atoms with Gasteiger partial charge in [0.25, 0.3) is 0 Å². The molecule has 4 aromatic rings. The van der Waals surface area contributed by atoms with E-state index in [4.69, 9.17) is 65.2 Å². The van der Waals surface area contributed by atoms with Gasteiger partial charge < -0.3 is 15.6 Å². The summed E-state index contributed by atoms with van der Waals surface area (Å²) in [6, 6.07) is 13.3. The molecule has 4 rings (SSSR count). The van der Waals surface area contributed by atoms with Gasteiger partial charge in [-0.15, -0.1) is 10.2 Å². The van der Waals surface area contributed by atoms with E-state index in [2.05, 4.69) is 20.4 Å². The molecule has 0 saturated heterocycles. The summed E-state index contributed by atoms with van der Waals surface area (Å²) in [7, 11) is 37.6. The van der Waals surface area contributed by atoms with Gasteiger partial charge in [0.05, 0.1) is 63.9 Å². The van der Waals surface area contributed by atoms with E-state index in [0.29, 0.717) is 11.3 Å². The highest BCUT2D eigenvalue weighted by Crippen LogP contribution is 2.40. The zero-order valence-corrected chi connectivity index (χ0v) is 22.4. The third kappa shape index (κ3) is 6.13. The molecule has 16 heteroatoms. The molecule has 2 aromatic heterocycles. The largest absolute Gasteiger partial charge is 0.382 e. The molecule has 0 aliphatic carbocycles. The molecule has 184 valence electrons. The quantitative estimate of drug-likeness (QED) is 0.286. The molecule has 0 fully saturated rings. The number of benzene rings is 2. The number of nitrogens with two attached hydrogens (primary N) is 1. The molecule has 0 amide bonds. The smallest absolute Gasteiger partial charge is 0.189 e. The molecule has 0 aliphatic rings. The van der Waals surface area contributed by atoms with Crippen LogP contribution >= 0.6 is 0 Å². The third-order valence-corrected chi connectivity index (χ3v) is 8.37. The van der Waals surface area contributed by atoms with Gasteiger partial charge in [-0.1, -0.05) is 41.0 Å². The monoisotopic (exact) mass is 533 g/mol. The van der Waals surface area contributed by atoms with Crippen molar-refractivity contribution in [3.05, 3.63) is 60.3 Å². The Kier molecular flexibility index (Phi) is 8.25. The van der Waals surface area contributed by atoms with Crippen LogP contribution in [0.25, 0.3) is 34.0 Å². The number of hydrogen-bond donors (Lipinski definition) is 2. The Labute approximate surface area is 242 Å². The van der Waals surface area contributed by atoms with Crippen LogP contribution < -0.4 is 16.5 Å². The van der Waals surface area contributed by atoms with E-state index >= 15 is 0 Å². The summed E-state index contributed by atoms with van der Waals surface area (Å²) in [5, 5.41) is 0.553. The number of nitrogens with zero attached hydrogens (tertiary/aromatic N) is 3. The maximum absolute atomic E-state index is 13.3. The number of nitrogens with one attached hydrogen (secondary N) is 1. The van der Waals surface area contributed by atoms with Crippen molar-refractivity contribution in [3.63, 3.8) is 0 Å². The molecule has 0 spiro atoms. The van der Waals surface area contributed by atoms with Crippen LogP contribution in [0.2, 0.25) is 10.2 Å². The van der Waals surface area contributed by atoms with Crippen molar-refractivity contribution in [2.24, 2.45) is 0 Å². The minimum absolute atomic E-state index is 0.0260. The van der Waals surface area contributed by atoms with Crippen LogP contribution in [0.15, 0.2) is 64.1 Å². The molecular weight excluding hydrogens is 514 g/mol. The minimum atomic E-state index is -4.44. The second kappa shape index (κ2) is 11.0.